The van der Waals surface area contributed by atoms with Gasteiger partial charge in [0, 0.05) is 17.5 Å². The lowest BCUT2D eigenvalue weighted by molar-refractivity contribution is 0.0900. The second-order valence-electron chi connectivity index (χ2n) is 4.67. The number of hydrogen-bond acceptors (Lipinski definition) is 4. The van der Waals surface area contributed by atoms with Crippen molar-refractivity contribution in [2.24, 2.45) is 5.41 Å². The molecule has 1 heterocycles. The van der Waals surface area contributed by atoms with Gasteiger partial charge in [0.05, 0.1) is 0 Å². The molecule has 1 aliphatic carbocycles. The van der Waals surface area contributed by atoms with E-state index >= 15 is 0 Å². The number of aromatic nitrogens is 1. The summed E-state index contributed by atoms with van der Waals surface area (Å²) >= 11 is 0. The molecule has 1 aromatic carbocycles. The summed E-state index contributed by atoms with van der Waals surface area (Å²) in [7, 11) is 1.88. The van der Waals surface area contributed by atoms with E-state index in [2.05, 4.69) is 10.3 Å². The van der Waals surface area contributed by atoms with Crippen molar-refractivity contribution in [3.05, 3.63) is 30.2 Å². The first-order valence-corrected chi connectivity index (χ1v) is 5.78. The van der Waals surface area contributed by atoms with Gasteiger partial charge in [-0.05, 0) is 38.1 Å². The Bertz CT molecular complexity index is 570. The van der Waals surface area contributed by atoms with Gasteiger partial charge in [-0.3, -0.25) is 4.79 Å². The van der Waals surface area contributed by atoms with E-state index in [1.165, 1.54) is 6.39 Å². The standard InChI is InChI=1S/C13H14N2O2/c1-14-7-13(4-5-13)12(16)9-2-3-10-11(6-9)17-8-15-10/h2-3,6,8,14H,4-5,7H2,1H3. The van der Waals surface area contributed by atoms with Crippen LogP contribution in [0.5, 0.6) is 0 Å². The van der Waals surface area contributed by atoms with Crippen molar-refractivity contribution in [2.45, 2.75) is 12.8 Å². The van der Waals surface area contributed by atoms with Crippen LogP contribution in [0, 0.1) is 5.41 Å². The second-order valence-corrected chi connectivity index (χ2v) is 4.67. The molecule has 0 aliphatic heterocycles. The Morgan fingerprint density at radius 1 is 1.53 bits per heavy atom. The van der Waals surface area contributed by atoms with Crippen LogP contribution in [-0.4, -0.2) is 24.4 Å². The van der Waals surface area contributed by atoms with Gasteiger partial charge < -0.3 is 9.73 Å². The van der Waals surface area contributed by atoms with Gasteiger partial charge >= 0.3 is 0 Å². The average Bonchev–Trinajstić information content (AvgIpc) is 2.97. The minimum Gasteiger partial charge on any atom is -0.443 e. The van der Waals surface area contributed by atoms with E-state index in [-0.39, 0.29) is 11.2 Å². The molecule has 0 unspecified atom stereocenters. The molecule has 4 heteroatoms. The third-order valence-corrected chi connectivity index (χ3v) is 3.44. The monoisotopic (exact) mass is 230 g/mol. The lowest BCUT2D eigenvalue weighted by atomic mass is 9.94. The van der Waals surface area contributed by atoms with Crippen molar-refractivity contribution in [2.75, 3.05) is 13.6 Å². The van der Waals surface area contributed by atoms with Crippen molar-refractivity contribution in [3.8, 4) is 0 Å². The van der Waals surface area contributed by atoms with Crippen molar-refractivity contribution >= 4 is 16.9 Å². The number of benzene rings is 1. The van der Waals surface area contributed by atoms with Crippen molar-refractivity contribution in [3.63, 3.8) is 0 Å². The largest absolute Gasteiger partial charge is 0.443 e. The third-order valence-electron chi connectivity index (χ3n) is 3.44. The molecule has 0 saturated heterocycles. The number of Topliss-reactive ketones (excluding diaryl/α,β-unsaturated/α-hetero) is 1. The van der Waals surface area contributed by atoms with E-state index in [1.54, 1.807) is 6.07 Å². The van der Waals surface area contributed by atoms with Gasteiger partial charge in [0.1, 0.15) is 5.52 Å². The highest BCUT2D eigenvalue weighted by atomic mass is 16.3. The molecule has 0 bridgehead atoms. The van der Waals surface area contributed by atoms with Crippen LogP contribution in [-0.2, 0) is 0 Å². The highest BCUT2D eigenvalue weighted by Crippen LogP contribution is 2.47. The van der Waals surface area contributed by atoms with Crippen LogP contribution in [0.25, 0.3) is 11.1 Å². The number of ketones is 1. The number of nitrogens with one attached hydrogen (secondary N) is 1. The maximum Gasteiger partial charge on any atom is 0.181 e. The van der Waals surface area contributed by atoms with Crippen molar-refractivity contribution < 1.29 is 9.21 Å². The fourth-order valence-corrected chi connectivity index (χ4v) is 2.28. The van der Waals surface area contributed by atoms with Gasteiger partial charge in [-0.1, -0.05) is 0 Å². The maximum atomic E-state index is 12.4. The third kappa shape index (κ3) is 1.65. The van der Waals surface area contributed by atoms with Crippen LogP contribution in [0.15, 0.2) is 29.0 Å². The average molecular weight is 230 g/mol. The predicted molar refractivity (Wildman–Crippen MR) is 63.9 cm³/mol. The van der Waals surface area contributed by atoms with E-state index in [9.17, 15) is 4.79 Å². The molecule has 1 fully saturated rings. The lowest BCUT2D eigenvalue weighted by Gasteiger charge is -2.12. The fraction of sp³-hybridized carbons (Fsp3) is 0.385. The Labute approximate surface area is 99.0 Å². The van der Waals surface area contributed by atoms with E-state index in [0.29, 0.717) is 5.58 Å². The molecule has 0 amide bonds. The summed E-state index contributed by atoms with van der Waals surface area (Å²) in [5.41, 5.74) is 2.01. The molecule has 17 heavy (non-hydrogen) atoms. The van der Waals surface area contributed by atoms with Gasteiger partial charge in [-0.15, -0.1) is 0 Å². The molecule has 4 nitrogen and oxygen atoms in total. The van der Waals surface area contributed by atoms with Crippen LogP contribution < -0.4 is 5.32 Å². The first-order chi connectivity index (χ1) is 8.25. The zero-order valence-corrected chi connectivity index (χ0v) is 9.69. The van der Waals surface area contributed by atoms with Crippen LogP contribution in [0.2, 0.25) is 0 Å². The first kappa shape index (κ1) is 10.5. The van der Waals surface area contributed by atoms with E-state index in [1.807, 2.05) is 19.2 Å². The van der Waals surface area contributed by atoms with Crippen molar-refractivity contribution in [1.29, 1.82) is 0 Å². The Hall–Kier alpha value is -1.68. The topological polar surface area (TPSA) is 55.1 Å². The number of oxazole rings is 1. The van der Waals surface area contributed by atoms with Crippen LogP contribution in [0.3, 0.4) is 0 Å². The number of carbonyl (C=O) groups is 1. The summed E-state index contributed by atoms with van der Waals surface area (Å²) < 4.78 is 5.22. The summed E-state index contributed by atoms with van der Waals surface area (Å²) in [6, 6.07) is 5.46. The second kappa shape index (κ2) is 3.67. The van der Waals surface area contributed by atoms with Gasteiger partial charge in [-0.2, -0.15) is 0 Å². The van der Waals surface area contributed by atoms with Gasteiger partial charge in [0.15, 0.2) is 17.8 Å². The minimum atomic E-state index is -0.178. The molecule has 0 radical (unpaired) electrons. The normalized spacial score (nSPS) is 17.2. The first-order valence-electron chi connectivity index (χ1n) is 5.78. The smallest absolute Gasteiger partial charge is 0.181 e. The summed E-state index contributed by atoms with van der Waals surface area (Å²) in [5, 5.41) is 3.10. The number of rotatable bonds is 4. The zero-order valence-electron chi connectivity index (χ0n) is 9.69. The summed E-state index contributed by atoms with van der Waals surface area (Å²) in [4.78, 5) is 16.4. The van der Waals surface area contributed by atoms with Gasteiger partial charge in [-0.25, -0.2) is 4.98 Å². The van der Waals surface area contributed by atoms with Gasteiger partial charge in [0.2, 0.25) is 0 Å². The molecule has 2 aromatic rings. The summed E-state index contributed by atoms with van der Waals surface area (Å²) in [6.07, 6.45) is 3.35. The number of carbonyl (C=O) groups excluding carboxylic acids is 1. The summed E-state index contributed by atoms with van der Waals surface area (Å²) in [6.45, 7) is 0.750. The maximum absolute atomic E-state index is 12.4. The molecule has 1 aliphatic rings. The Morgan fingerprint density at radius 2 is 2.35 bits per heavy atom. The molecule has 88 valence electrons. The SMILES string of the molecule is CNCC1(C(=O)c2ccc3ncoc3c2)CC1. The van der Waals surface area contributed by atoms with E-state index < -0.39 is 0 Å². The van der Waals surface area contributed by atoms with Crippen LogP contribution in [0.1, 0.15) is 23.2 Å². The number of nitrogens with zero attached hydrogens (tertiary/aromatic N) is 1. The molecule has 3 rings (SSSR count). The fourth-order valence-electron chi connectivity index (χ4n) is 2.28. The highest BCUT2D eigenvalue weighted by molar-refractivity contribution is 6.04. The van der Waals surface area contributed by atoms with Gasteiger partial charge in [0.25, 0.3) is 0 Å². The molecule has 1 saturated carbocycles. The summed E-state index contributed by atoms with van der Waals surface area (Å²) in [5.74, 6) is 0.213. The van der Waals surface area contributed by atoms with Crippen molar-refractivity contribution in [1.82, 2.24) is 10.3 Å². The molecule has 1 N–H and O–H groups in total. The van der Waals surface area contributed by atoms with E-state index in [4.69, 9.17) is 4.42 Å². The molecular weight excluding hydrogens is 216 g/mol. The predicted octanol–water partition coefficient (Wildman–Crippen LogP) is 2.01. The quantitative estimate of drug-likeness (QED) is 0.816. The minimum absolute atomic E-state index is 0.178. The number of hydrogen-bond donors (Lipinski definition) is 1. The van der Waals surface area contributed by atoms with Crippen LogP contribution >= 0.6 is 0 Å². The Kier molecular flexibility index (Phi) is 2.26. The lowest BCUT2D eigenvalue weighted by Crippen LogP contribution is -2.27. The Balaban J connectivity index is 1.95. The molecule has 1 aromatic heterocycles. The molecule has 0 atom stereocenters. The molecule has 0 spiro atoms. The Morgan fingerprint density at radius 3 is 3.06 bits per heavy atom. The molecular formula is C13H14N2O2. The zero-order chi connectivity index (χ0) is 11.9. The van der Waals surface area contributed by atoms with E-state index in [0.717, 1.165) is 30.5 Å². The van der Waals surface area contributed by atoms with Crippen LogP contribution in [0.4, 0.5) is 0 Å². The highest BCUT2D eigenvalue weighted by Gasteiger charge is 2.49. The number of fused-ring (bicyclic) bond motifs is 1.